The van der Waals surface area contributed by atoms with Crippen LogP contribution in [-0.2, 0) is 19.1 Å². The smallest absolute Gasteiger partial charge is 0.320 e. The quantitative estimate of drug-likeness (QED) is 0.611. The Morgan fingerprint density at radius 2 is 2.07 bits per heavy atom. The van der Waals surface area contributed by atoms with Crippen LogP contribution in [0.25, 0.3) is 0 Å². The van der Waals surface area contributed by atoms with Gasteiger partial charge >= 0.3 is 11.9 Å². The molecule has 0 bridgehead atoms. The summed E-state index contributed by atoms with van der Waals surface area (Å²) in [4.78, 5) is 21.7. The van der Waals surface area contributed by atoms with Gasteiger partial charge in [0.25, 0.3) is 0 Å². The molecule has 0 spiro atoms. The maximum atomic E-state index is 10.9. The van der Waals surface area contributed by atoms with Gasteiger partial charge in [-0.05, 0) is 13.8 Å². The first-order chi connectivity index (χ1) is 6.60. The second-order valence-electron chi connectivity index (χ2n) is 2.64. The molecule has 5 nitrogen and oxygen atoms in total. The van der Waals surface area contributed by atoms with Crippen LogP contribution >= 0.6 is 0 Å². The van der Waals surface area contributed by atoms with Crippen LogP contribution in [0.15, 0.2) is 0 Å². The Bertz CT molecular complexity index is 244. The van der Waals surface area contributed by atoms with E-state index in [1.54, 1.807) is 19.9 Å². The lowest BCUT2D eigenvalue weighted by atomic mass is 10.3. The second kappa shape index (κ2) is 6.89. The highest BCUT2D eigenvalue weighted by Gasteiger charge is 2.13. The van der Waals surface area contributed by atoms with Gasteiger partial charge in [-0.3, -0.25) is 9.59 Å². The van der Waals surface area contributed by atoms with Crippen molar-refractivity contribution < 1.29 is 19.1 Å². The van der Waals surface area contributed by atoms with Crippen molar-refractivity contribution in [2.45, 2.75) is 32.8 Å². The Hall–Kier alpha value is -1.57. The topological polar surface area (TPSA) is 76.4 Å². The van der Waals surface area contributed by atoms with E-state index in [9.17, 15) is 9.59 Å². The minimum absolute atomic E-state index is 0.0189. The molecule has 0 fully saturated rings. The van der Waals surface area contributed by atoms with Gasteiger partial charge in [0.15, 0.2) is 0 Å². The minimum Gasteiger partial charge on any atom is -0.466 e. The van der Waals surface area contributed by atoms with Crippen molar-refractivity contribution >= 4 is 11.9 Å². The number of carbonyl (C=O) groups is 2. The van der Waals surface area contributed by atoms with Gasteiger partial charge in [-0.2, -0.15) is 5.26 Å². The van der Waals surface area contributed by atoms with Crippen LogP contribution < -0.4 is 0 Å². The Morgan fingerprint density at radius 1 is 1.43 bits per heavy atom. The van der Waals surface area contributed by atoms with Crippen molar-refractivity contribution in [2.24, 2.45) is 0 Å². The molecule has 1 unspecified atom stereocenters. The first kappa shape index (κ1) is 12.4. The van der Waals surface area contributed by atoms with Crippen molar-refractivity contribution in [3.8, 4) is 6.07 Å². The second-order valence-corrected chi connectivity index (χ2v) is 2.64. The molecule has 1 atom stereocenters. The van der Waals surface area contributed by atoms with Crippen molar-refractivity contribution in [3.63, 3.8) is 0 Å². The van der Waals surface area contributed by atoms with E-state index in [2.05, 4.69) is 4.74 Å². The zero-order valence-corrected chi connectivity index (χ0v) is 8.28. The van der Waals surface area contributed by atoms with Gasteiger partial charge in [-0.25, -0.2) is 0 Å². The summed E-state index contributed by atoms with van der Waals surface area (Å²) in [7, 11) is 0. The number of hydrogen-bond donors (Lipinski definition) is 0. The summed E-state index contributed by atoms with van der Waals surface area (Å²) in [6.45, 7) is 3.58. The van der Waals surface area contributed by atoms with Crippen LogP contribution in [0.3, 0.4) is 0 Å². The predicted molar refractivity (Wildman–Crippen MR) is 47.0 cm³/mol. The molecular formula is C9H13NO4. The number of esters is 2. The molecule has 0 aromatic rings. The number of carbonyl (C=O) groups excluding carboxylic acids is 2. The lowest BCUT2D eigenvalue weighted by Crippen LogP contribution is -2.19. The van der Waals surface area contributed by atoms with Gasteiger partial charge in [0.1, 0.15) is 12.5 Å². The summed E-state index contributed by atoms with van der Waals surface area (Å²) in [6, 6.07) is 1.66. The minimum atomic E-state index is -0.621. The molecule has 0 amide bonds. The van der Waals surface area contributed by atoms with Crippen LogP contribution in [0.4, 0.5) is 0 Å². The summed E-state index contributed by atoms with van der Waals surface area (Å²) in [6.07, 6.45) is -0.826. The number of nitriles is 1. The summed E-state index contributed by atoms with van der Waals surface area (Å²) in [5, 5.41) is 8.17. The standard InChI is InChI=1S/C9H13NO4/c1-3-13-9(12)6-7(2)14-8(11)4-5-10/h7H,3-4,6H2,1-2H3. The highest BCUT2D eigenvalue weighted by molar-refractivity contribution is 5.73. The lowest BCUT2D eigenvalue weighted by Gasteiger charge is -2.10. The maximum absolute atomic E-state index is 10.9. The van der Waals surface area contributed by atoms with Crippen molar-refractivity contribution in [1.82, 2.24) is 0 Å². The Morgan fingerprint density at radius 3 is 2.57 bits per heavy atom. The third-order valence-electron chi connectivity index (χ3n) is 1.32. The van der Waals surface area contributed by atoms with E-state index >= 15 is 0 Å². The normalized spacial score (nSPS) is 11.2. The van der Waals surface area contributed by atoms with E-state index in [-0.39, 0.29) is 12.8 Å². The Kier molecular flexibility index (Phi) is 6.12. The zero-order chi connectivity index (χ0) is 11.0. The van der Waals surface area contributed by atoms with E-state index < -0.39 is 18.0 Å². The summed E-state index contributed by atoms with van der Waals surface area (Å²) >= 11 is 0. The highest BCUT2D eigenvalue weighted by atomic mass is 16.6. The van der Waals surface area contributed by atoms with Crippen LogP contribution in [0.1, 0.15) is 26.7 Å². The van der Waals surface area contributed by atoms with Crippen LogP contribution in [0, 0.1) is 11.3 Å². The highest BCUT2D eigenvalue weighted by Crippen LogP contribution is 2.01. The molecule has 0 saturated carbocycles. The predicted octanol–water partition coefficient (Wildman–Crippen LogP) is 0.785. The van der Waals surface area contributed by atoms with Gasteiger partial charge < -0.3 is 9.47 Å². The average Bonchev–Trinajstić information content (AvgIpc) is 2.03. The molecule has 0 N–H and O–H groups in total. The van der Waals surface area contributed by atoms with Gasteiger partial charge in [0, 0.05) is 0 Å². The monoisotopic (exact) mass is 199 g/mol. The Balaban J connectivity index is 3.75. The van der Waals surface area contributed by atoms with Crippen molar-refractivity contribution in [1.29, 1.82) is 5.26 Å². The molecule has 0 aliphatic carbocycles. The number of rotatable bonds is 5. The Labute approximate surface area is 82.6 Å². The molecule has 0 aromatic carbocycles. The maximum Gasteiger partial charge on any atom is 0.320 e. The van der Waals surface area contributed by atoms with E-state index in [1.807, 2.05) is 0 Å². The fourth-order valence-electron chi connectivity index (χ4n) is 0.827. The van der Waals surface area contributed by atoms with E-state index in [0.717, 1.165) is 0 Å². The molecule has 0 aromatic heterocycles. The molecular weight excluding hydrogens is 186 g/mol. The number of nitrogens with zero attached hydrogens (tertiary/aromatic N) is 1. The molecule has 0 radical (unpaired) electrons. The SMILES string of the molecule is CCOC(=O)CC(C)OC(=O)CC#N. The van der Waals surface area contributed by atoms with Crippen molar-refractivity contribution in [3.05, 3.63) is 0 Å². The van der Waals surface area contributed by atoms with Gasteiger partial charge in [-0.1, -0.05) is 0 Å². The summed E-state index contributed by atoms with van der Waals surface area (Å²) in [5.74, 6) is -1.03. The molecule has 0 rings (SSSR count). The lowest BCUT2D eigenvalue weighted by molar-refractivity contribution is -0.153. The molecule has 0 aliphatic heterocycles. The zero-order valence-electron chi connectivity index (χ0n) is 8.28. The summed E-state index contributed by atoms with van der Waals surface area (Å²) in [5.41, 5.74) is 0. The fourth-order valence-corrected chi connectivity index (χ4v) is 0.827. The third-order valence-corrected chi connectivity index (χ3v) is 1.32. The van der Waals surface area contributed by atoms with Gasteiger partial charge in [0.05, 0.1) is 19.1 Å². The third kappa shape index (κ3) is 6.00. The summed E-state index contributed by atoms with van der Waals surface area (Å²) < 4.78 is 9.40. The molecule has 0 saturated heterocycles. The van der Waals surface area contributed by atoms with Crippen LogP contribution in [0.5, 0.6) is 0 Å². The van der Waals surface area contributed by atoms with Gasteiger partial charge in [0.2, 0.25) is 0 Å². The molecule has 0 aliphatic rings. The first-order valence-corrected chi connectivity index (χ1v) is 4.32. The molecule has 5 heteroatoms. The van der Waals surface area contributed by atoms with Crippen LogP contribution in [-0.4, -0.2) is 24.6 Å². The van der Waals surface area contributed by atoms with Crippen molar-refractivity contribution in [2.75, 3.05) is 6.61 Å². The molecule has 78 valence electrons. The van der Waals surface area contributed by atoms with Gasteiger partial charge in [-0.15, -0.1) is 0 Å². The largest absolute Gasteiger partial charge is 0.466 e. The number of ether oxygens (including phenoxy) is 2. The molecule has 14 heavy (non-hydrogen) atoms. The average molecular weight is 199 g/mol. The van der Waals surface area contributed by atoms with E-state index in [1.165, 1.54) is 0 Å². The van der Waals surface area contributed by atoms with Crippen LogP contribution in [0.2, 0.25) is 0 Å². The van der Waals surface area contributed by atoms with E-state index in [4.69, 9.17) is 10.00 Å². The first-order valence-electron chi connectivity index (χ1n) is 4.32. The molecule has 0 heterocycles. The van der Waals surface area contributed by atoms with E-state index in [0.29, 0.717) is 6.61 Å². The fraction of sp³-hybridized carbons (Fsp3) is 0.667. The number of hydrogen-bond acceptors (Lipinski definition) is 5.